The molecule has 0 aliphatic carbocycles. The lowest BCUT2D eigenvalue weighted by atomic mass is 9.86. The molecule has 1 atom stereocenters. The van der Waals surface area contributed by atoms with E-state index in [1.165, 1.54) is 6.39 Å². The van der Waals surface area contributed by atoms with Crippen molar-refractivity contribution in [2.75, 3.05) is 20.1 Å². The molecule has 2 aliphatic rings. The summed E-state index contributed by atoms with van der Waals surface area (Å²) in [4.78, 5) is 32.4. The van der Waals surface area contributed by atoms with Gasteiger partial charge in [0.2, 0.25) is 18.2 Å². The van der Waals surface area contributed by atoms with Crippen molar-refractivity contribution in [2.45, 2.75) is 44.6 Å². The molecule has 0 N–H and O–H groups in total. The molecule has 2 fully saturated rings. The molecule has 1 aromatic rings. The smallest absolute Gasteiger partial charge is 0.228 e. The van der Waals surface area contributed by atoms with Crippen LogP contribution in [0.4, 0.5) is 0 Å². The van der Waals surface area contributed by atoms with Crippen LogP contribution in [-0.2, 0) is 9.59 Å². The Morgan fingerprint density at radius 2 is 2.05 bits per heavy atom. The van der Waals surface area contributed by atoms with E-state index in [1.54, 1.807) is 11.9 Å². The molecule has 0 spiro atoms. The van der Waals surface area contributed by atoms with Gasteiger partial charge in [0.15, 0.2) is 5.82 Å². The highest BCUT2D eigenvalue weighted by molar-refractivity contribution is 5.91. The minimum Gasteiger partial charge on any atom is -0.343 e. The molecule has 2 saturated heterocycles. The molecular weight excluding hydrogens is 284 g/mol. The molecule has 0 saturated carbocycles. The Labute approximate surface area is 129 Å². The van der Waals surface area contributed by atoms with E-state index in [0.29, 0.717) is 19.5 Å². The van der Waals surface area contributed by atoms with Gasteiger partial charge in [-0.3, -0.25) is 9.59 Å². The topological polar surface area (TPSA) is 79.5 Å². The van der Waals surface area contributed by atoms with Crippen molar-refractivity contribution in [3.63, 3.8) is 0 Å². The average molecular weight is 306 g/mol. The summed E-state index contributed by atoms with van der Waals surface area (Å²) in [5.41, 5.74) is -0.418. The van der Waals surface area contributed by atoms with Gasteiger partial charge in [0.05, 0.1) is 5.92 Å². The normalized spacial score (nSPS) is 25.8. The largest absolute Gasteiger partial charge is 0.343 e. The zero-order chi connectivity index (χ0) is 15.9. The van der Waals surface area contributed by atoms with Gasteiger partial charge in [0, 0.05) is 38.0 Å². The maximum Gasteiger partial charge on any atom is 0.228 e. The first-order valence-electron chi connectivity index (χ1n) is 7.73. The first-order valence-corrected chi connectivity index (χ1v) is 7.73. The number of likely N-dealkylation sites (tertiary alicyclic amines) is 2. The van der Waals surface area contributed by atoms with E-state index in [-0.39, 0.29) is 23.7 Å². The van der Waals surface area contributed by atoms with Gasteiger partial charge in [0.25, 0.3) is 0 Å². The fourth-order valence-electron chi connectivity index (χ4n) is 3.44. The van der Waals surface area contributed by atoms with Crippen molar-refractivity contribution in [1.29, 1.82) is 0 Å². The molecule has 0 radical (unpaired) electrons. The number of amides is 2. The van der Waals surface area contributed by atoms with Gasteiger partial charge >= 0.3 is 0 Å². The first-order chi connectivity index (χ1) is 10.4. The van der Waals surface area contributed by atoms with Crippen LogP contribution in [0.25, 0.3) is 0 Å². The summed E-state index contributed by atoms with van der Waals surface area (Å²) in [6.45, 7) is 5.30. The van der Waals surface area contributed by atoms with Gasteiger partial charge in [-0.15, -0.1) is 0 Å². The van der Waals surface area contributed by atoms with Gasteiger partial charge in [0.1, 0.15) is 0 Å². The molecule has 7 heteroatoms. The highest BCUT2D eigenvalue weighted by Crippen LogP contribution is 2.36. The molecule has 120 valence electrons. The molecule has 3 rings (SSSR count). The lowest BCUT2D eigenvalue weighted by Crippen LogP contribution is -2.49. The molecule has 7 nitrogen and oxygen atoms in total. The van der Waals surface area contributed by atoms with Crippen LogP contribution in [0.2, 0.25) is 0 Å². The SMILES string of the molecule is CN1C(=O)C[C@@H](C(=O)N2CCC(c3ncon3)CC2)C1(C)C. The summed E-state index contributed by atoms with van der Waals surface area (Å²) in [6.07, 6.45) is 3.33. The Morgan fingerprint density at radius 1 is 1.36 bits per heavy atom. The standard InChI is InChI=1S/C15H22N4O3/c1-15(2)11(8-12(20)18(15)3)14(21)19-6-4-10(5-7-19)13-16-9-22-17-13/h9-11H,4-8H2,1-3H3/t11-/m0/s1. The van der Waals surface area contributed by atoms with E-state index in [0.717, 1.165) is 18.7 Å². The first kappa shape index (κ1) is 15.0. The maximum absolute atomic E-state index is 12.8. The van der Waals surface area contributed by atoms with E-state index >= 15 is 0 Å². The van der Waals surface area contributed by atoms with E-state index in [4.69, 9.17) is 4.52 Å². The second-order valence-electron chi connectivity index (χ2n) is 6.75. The lowest BCUT2D eigenvalue weighted by Gasteiger charge is -2.37. The molecule has 2 aliphatic heterocycles. The van der Waals surface area contributed by atoms with E-state index in [1.807, 2.05) is 18.7 Å². The van der Waals surface area contributed by atoms with Crippen molar-refractivity contribution in [3.8, 4) is 0 Å². The van der Waals surface area contributed by atoms with E-state index in [2.05, 4.69) is 10.1 Å². The second kappa shape index (κ2) is 5.37. The van der Waals surface area contributed by atoms with Crippen LogP contribution in [0.15, 0.2) is 10.9 Å². The van der Waals surface area contributed by atoms with E-state index in [9.17, 15) is 9.59 Å². The minimum atomic E-state index is -0.418. The summed E-state index contributed by atoms with van der Waals surface area (Å²) in [5.74, 6) is 0.859. The van der Waals surface area contributed by atoms with Crippen LogP contribution in [0, 0.1) is 5.92 Å². The number of nitrogens with zero attached hydrogens (tertiary/aromatic N) is 4. The number of aromatic nitrogens is 2. The third-order valence-corrected chi connectivity index (χ3v) is 5.32. The zero-order valence-electron chi connectivity index (χ0n) is 13.3. The lowest BCUT2D eigenvalue weighted by molar-refractivity contribution is -0.138. The van der Waals surface area contributed by atoms with Crippen LogP contribution < -0.4 is 0 Å². The number of hydrogen-bond donors (Lipinski definition) is 0. The molecule has 0 aromatic carbocycles. The predicted octanol–water partition coefficient (Wildman–Crippen LogP) is 1.03. The highest BCUT2D eigenvalue weighted by atomic mass is 16.5. The predicted molar refractivity (Wildman–Crippen MR) is 77.8 cm³/mol. The van der Waals surface area contributed by atoms with Gasteiger partial charge in [-0.05, 0) is 26.7 Å². The number of carbonyl (C=O) groups is 2. The zero-order valence-corrected chi connectivity index (χ0v) is 13.3. The molecule has 2 amide bonds. The van der Waals surface area contributed by atoms with Crippen LogP contribution in [0.5, 0.6) is 0 Å². The monoisotopic (exact) mass is 306 g/mol. The second-order valence-corrected chi connectivity index (χ2v) is 6.75. The Hall–Kier alpha value is -1.92. The molecule has 22 heavy (non-hydrogen) atoms. The molecule has 0 unspecified atom stereocenters. The Morgan fingerprint density at radius 3 is 2.55 bits per heavy atom. The summed E-state index contributed by atoms with van der Waals surface area (Å²) in [6, 6.07) is 0. The van der Waals surface area contributed by atoms with Gasteiger partial charge in [-0.25, -0.2) is 0 Å². The summed E-state index contributed by atoms with van der Waals surface area (Å²) >= 11 is 0. The maximum atomic E-state index is 12.8. The number of rotatable bonds is 2. The quantitative estimate of drug-likeness (QED) is 0.815. The van der Waals surface area contributed by atoms with Gasteiger partial charge in [-0.1, -0.05) is 5.16 Å². The Bertz CT molecular complexity index is 561. The summed E-state index contributed by atoms with van der Waals surface area (Å²) < 4.78 is 4.79. The van der Waals surface area contributed by atoms with E-state index < -0.39 is 5.54 Å². The fraction of sp³-hybridized carbons (Fsp3) is 0.733. The Kier molecular flexibility index (Phi) is 3.66. The van der Waals surface area contributed by atoms with Crippen molar-refractivity contribution in [1.82, 2.24) is 19.9 Å². The highest BCUT2D eigenvalue weighted by Gasteiger charge is 2.49. The Balaban J connectivity index is 1.64. The van der Waals surface area contributed by atoms with Crippen LogP contribution in [0.1, 0.15) is 44.9 Å². The number of piperidine rings is 1. The fourth-order valence-corrected chi connectivity index (χ4v) is 3.44. The molecular formula is C15H22N4O3. The summed E-state index contributed by atoms with van der Waals surface area (Å²) in [5, 5.41) is 3.89. The van der Waals surface area contributed by atoms with Crippen molar-refractivity contribution in [3.05, 3.63) is 12.2 Å². The number of carbonyl (C=O) groups excluding carboxylic acids is 2. The molecule has 1 aromatic heterocycles. The van der Waals surface area contributed by atoms with Gasteiger partial charge < -0.3 is 14.3 Å². The third kappa shape index (κ3) is 2.38. The van der Waals surface area contributed by atoms with Crippen LogP contribution in [0.3, 0.4) is 0 Å². The minimum absolute atomic E-state index is 0.0463. The molecule has 0 bridgehead atoms. The van der Waals surface area contributed by atoms with Gasteiger partial charge in [-0.2, -0.15) is 4.98 Å². The van der Waals surface area contributed by atoms with Crippen molar-refractivity contribution in [2.24, 2.45) is 5.92 Å². The van der Waals surface area contributed by atoms with Crippen molar-refractivity contribution < 1.29 is 14.1 Å². The van der Waals surface area contributed by atoms with Crippen LogP contribution in [-0.4, -0.2) is 57.4 Å². The van der Waals surface area contributed by atoms with Crippen molar-refractivity contribution >= 4 is 11.8 Å². The summed E-state index contributed by atoms with van der Waals surface area (Å²) in [7, 11) is 1.78. The van der Waals surface area contributed by atoms with Crippen LogP contribution >= 0.6 is 0 Å². The molecule has 3 heterocycles. The third-order valence-electron chi connectivity index (χ3n) is 5.32. The average Bonchev–Trinajstić information content (AvgIpc) is 3.11. The number of hydrogen-bond acceptors (Lipinski definition) is 5.